The van der Waals surface area contributed by atoms with E-state index in [1.807, 2.05) is 0 Å². The Bertz CT molecular complexity index is 349. The van der Waals surface area contributed by atoms with Crippen LogP contribution in [0.3, 0.4) is 0 Å². The molecule has 9 nitrogen and oxygen atoms in total. The summed E-state index contributed by atoms with van der Waals surface area (Å²) in [5, 5.41) is 8.52. The van der Waals surface area contributed by atoms with E-state index in [1.54, 1.807) is 0 Å². The lowest BCUT2D eigenvalue weighted by molar-refractivity contribution is -0.132. The van der Waals surface area contributed by atoms with Crippen molar-refractivity contribution in [2.75, 3.05) is 39.6 Å². The van der Waals surface area contributed by atoms with Crippen molar-refractivity contribution >= 4 is 13.8 Å². The van der Waals surface area contributed by atoms with Gasteiger partial charge in [-0.1, -0.05) is 0 Å². The third-order valence-corrected chi connectivity index (χ3v) is 2.32. The van der Waals surface area contributed by atoms with Gasteiger partial charge in [0.1, 0.15) is 6.61 Å². The first-order valence-electron chi connectivity index (χ1n) is 5.70. The van der Waals surface area contributed by atoms with Crippen LogP contribution in [0.25, 0.3) is 0 Å². The molecule has 0 fully saturated rings. The van der Waals surface area contributed by atoms with Crippen LogP contribution in [-0.2, 0) is 28.1 Å². The summed E-state index contributed by atoms with van der Waals surface area (Å²) in [7, 11) is -4.43. The quantitative estimate of drug-likeness (QED) is 0.199. The van der Waals surface area contributed by atoms with Crippen LogP contribution in [0.4, 0.5) is 0 Å². The molecule has 20 heavy (non-hydrogen) atoms. The van der Waals surface area contributed by atoms with Crippen molar-refractivity contribution in [3.63, 3.8) is 0 Å². The Kier molecular flexibility index (Phi) is 10.3. The normalized spacial score (nSPS) is 12.4. The summed E-state index contributed by atoms with van der Waals surface area (Å²) >= 11 is 0. The van der Waals surface area contributed by atoms with E-state index >= 15 is 0 Å². The van der Waals surface area contributed by atoms with Gasteiger partial charge in [0.2, 0.25) is 0 Å². The lowest BCUT2D eigenvalue weighted by Crippen LogP contribution is -2.11. The number of aliphatic carboxylic acids is 1. The Labute approximate surface area is 116 Å². The topological polar surface area (TPSA) is 132 Å². The number of hydrogen-bond acceptors (Lipinski definition) is 6. The maximum atomic E-state index is 10.4. The van der Waals surface area contributed by atoms with Gasteiger partial charge in [-0.05, 0) is 6.92 Å². The van der Waals surface area contributed by atoms with Gasteiger partial charge in [0.15, 0.2) is 0 Å². The molecule has 0 heterocycles. The van der Waals surface area contributed by atoms with Crippen LogP contribution in [0, 0.1) is 0 Å². The minimum atomic E-state index is -4.43. The number of ether oxygens (including phenoxy) is 3. The summed E-state index contributed by atoms with van der Waals surface area (Å²) in [6.45, 7) is 2.27. The van der Waals surface area contributed by atoms with Gasteiger partial charge in [-0.3, -0.25) is 4.52 Å². The van der Waals surface area contributed by atoms with E-state index in [4.69, 9.17) is 29.1 Å². The third kappa shape index (κ3) is 13.5. The van der Waals surface area contributed by atoms with Crippen LogP contribution in [0.5, 0.6) is 0 Å². The third-order valence-electron chi connectivity index (χ3n) is 1.80. The Morgan fingerprint density at radius 3 is 2.05 bits per heavy atom. The second-order valence-electron chi connectivity index (χ2n) is 3.53. The molecular weight excluding hydrogens is 295 g/mol. The first-order valence-corrected chi connectivity index (χ1v) is 7.23. The van der Waals surface area contributed by atoms with Gasteiger partial charge in [-0.25, -0.2) is 9.36 Å². The fourth-order valence-electron chi connectivity index (χ4n) is 0.878. The van der Waals surface area contributed by atoms with Gasteiger partial charge in [0.25, 0.3) is 0 Å². The summed E-state index contributed by atoms with van der Waals surface area (Å²) in [5.41, 5.74) is 0.0957. The molecule has 0 bridgehead atoms. The predicted molar refractivity (Wildman–Crippen MR) is 67.0 cm³/mol. The lowest BCUT2D eigenvalue weighted by Gasteiger charge is -2.07. The number of hydrogen-bond donors (Lipinski definition) is 3. The molecule has 0 aromatic carbocycles. The molecule has 0 unspecified atom stereocenters. The number of phosphoric acid groups is 1. The Hall–Kier alpha value is -0.960. The molecule has 10 heteroatoms. The molecule has 0 saturated carbocycles. The molecule has 0 aromatic heterocycles. The minimum absolute atomic E-state index is 0.0471. The summed E-state index contributed by atoms with van der Waals surface area (Å²) in [6, 6.07) is 0. The SMILES string of the molecule is CC(=COCCOCCOCCOP(=O)(O)O)C(=O)O. The maximum absolute atomic E-state index is 10.4. The molecular formula is C10H19O9P. The van der Waals surface area contributed by atoms with Crippen molar-refractivity contribution in [3.8, 4) is 0 Å². The van der Waals surface area contributed by atoms with E-state index in [0.29, 0.717) is 0 Å². The fraction of sp³-hybridized carbons (Fsp3) is 0.700. The van der Waals surface area contributed by atoms with Crippen molar-refractivity contribution in [1.82, 2.24) is 0 Å². The van der Waals surface area contributed by atoms with E-state index in [-0.39, 0.29) is 45.2 Å². The van der Waals surface area contributed by atoms with E-state index < -0.39 is 13.8 Å². The van der Waals surface area contributed by atoms with E-state index in [1.165, 1.54) is 6.92 Å². The van der Waals surface area contributed by atoms with Crippen LogP contribution in [0.2, 0.25) is 0 Å². The lowest BCUT2D eigenvalue weighted by atomic mass is 10.3. The van der Waals surface area contributed by atoms with Crippen LogP contribution in [0.1, 0.15) is 6.92 Å². The molecule has 0 aliphatic rings. The highest BCUT2D eigenvalue weighted by molar-refractivity contribution is 7.46. The number of phosphoric ester groups is 1. The van der Waals surface area contributed by atoms with Crippen LogP contribution < -0.4 is 0 Å². The summed E-state index contributed by atoms with van der Waals surface area (Å²) in [4.78, 5) is 27.1. The average molecular weight is 314 g/mol. The zero-order valence-corrected chi connectivity index (χ0v) is 12.0. The summed E-state index contributed by atoms with van der Waals surface area (Å²) in [5.74, 6) is -1.04. The van der Waals surface area contributed by atoms with Crippen molar-refractivity contribution in [3.05, 3.63) is 11.8 Å². The van der Waals surface area contributed by atoms with E-state index in [9.17, 15) is 9.36 Å². The van der Waals surface area contributed by atoms with Crippen molar-refractivity contribution in [2.45, 2.75) is 6.92 Å². The molecule has 0 rings (SSSR count). The molecule has 0 radical (unpaired) electrons. The van der Waals surface area contributed by atoms with Gasteiger partial charge in [0.05, 0.1) is 44.9 Å². The maximum Gasteiger partial charge on any atom is 0.469 e. The van der Waals surface area contributed by atoms with Gasteiger partial charge in [-0.2, -0.15) is 0 Å². The molecule has 0 aliphatic carbocycles. The summed E-state index contributed by atoms with van der Waals surface area (Å²) < 4.78 is 29.5. The second kappa shape index (κ2) is 10.8. The van der Waals surface area contributed by atoms with E-state index in [2.05, 4.69) is 4.52 Å². The number of carbonyl (C=O) groups is 1. The first-order chi connectivity index (χ1) is 9.33. The van der Waals surface area contributed by atoms with Crippen LogP contribution in [0.15, 0.2) is 11.8 Å². The Morgan fingerprint density at radius 2 is 1.55 bits per heavy atom. The monoisotopic (exact) mass is 314 g/mol. The van der Waals surface area contributed by atoms with Gasteiger partial charge in [-0.15, -0.1) is 0 Å². The van der Waals surface area contributed by atoms with Gasteiger partial charge >= 0.3 is 13.8 Å². The second-order valence-corrected chi connectivity index (χ2v) is 4.76. The van der Waals surface area contributed by atoms with Crippen molar-refractivity contribution in [1.29, 1.82) is 0 Å². The summed E-state index contributed by atoms with van der Waals surface area (Å²) in [6.07, 6.45) is 1.14. The zero-order valence-electron chi connectivity index (χ0n) is 11.1. The highest BCUT2D eigenvalue weighted by Gasteiger charge is 2.12. The Morgan fingerprint density at radius 1 is 1.05 bits per heavy atom. The standard InChI is InChI=1S/C10H19O9P/c1-9(10(11)12)8-18-5-4-16-2-3-17-6-7-19-20(13,14)15/h8H,2-7H2,1H3,(H,11,12)(H2,13,14,15). The molecule has 118 valence electrons. The number of rotatable bonds is 12. The smallest absolute Gasteiger partial charge is 0.469 e. The molecule has 3 N–H and O–H groups in total. The molecule has 0 aromatic rings. The highest BCUT2D eigenvalue weighted by atomic mass is 31.2. The molecule has 0 atom stereocenters. The average Bonchev–Trinajstić information content (AvgIpc) is 2.34. The van der Waals surface area contributed by atoms with Crippen molar-refractivity contribution in [2.24, 2.45) is 0 Å². The van der Waals surface area contributed by atoms with Crippen molar-refractivity contribution < 1.29 is 43.0 Å². The molecule has 0 amide bonds. The van der Waals surface area contributed by atoms with E-state index in [0.717, 1.165) is 6.26 Å². The van der Waals surface area contributed by atoms with Crippen LogP contribution in [-0.4, -0.2) is 60.5 Å². The number of carboxylic acid groups (broad SMARTS) is 1. The van der Waals surface area contributed by atoms with Gasteiger partial charge < -0.3 is 29.1 Å². The largest absolute Gasteiger partial charge is 0.498 e. The first kappa shape index (κ1) is 19.0. The van der Waals surface area contributed by atoms with Crippen LogP contribution >= 0.6 is 7.82 Å². The Balaban J connectivity index is 3.28. The fourth-order valence-corrected chi connectivity index (χ4v) is 1.19. The predicted octanol–water partition coefficient (Wildman–Crippen LogP) is 0.134. The highest BCUT2D eigenvalue weighted by Crippen LogP contribution is 2.35. The number of carboxylic acids is 1. The van der Waals surface area contributed by atoms with Gasteiger partial charge in [0, 0.05) is 0 Å². The molecule has 0 saturated heterocycles. The zero-order chi connectivity index (χ0) is 15.4. The molecule has 0 aliphatic heterocycles. The minimum Gasteiger partial charge on any atom is -0.498 e. The molecule has 0 spiro atoms.